The molecule has 0 amide bonds. The van der Waals surface area contributed by atoms with Crippen LogP contribution in [0.4, 0.5) is 0 Å². The molecule has 29 heavy (non-hydrogen) atoms. The lowest BCUT2D eigenvalue weighted by molar-refractivity contribution is -0.131. The fraction of sp³-hybridized carbons (Fsp3) is 0.333. The molecule has 2 aliphatic heterocycles. The number of para-hydroxylation sites is 1. The Kier molecular flexibility index (Phi) is 7.45. The first-order chi connectivity index (χ1) is 14.2. The van der Waals surface area contributed by atoms with Gasteiger partial charge in [-0.15, -0.1) is 0 Å². The normalized spacial score (nSPS) is 17.9. The van der Waals surface area contributed by atoms with Gasteiger partial charge in [-0.05, 0) is 61.4 Å². The number of benzene rings is 2. The van der Waals surface area contributed by atoms with Crippen molar-refractivity contribution < 1.29 is 24.2 Å². The molecule has 152 valence electrons. The molecule has 2 heterocycles. The summed E-state index contributed by atoms with van der Waals surface area (Å²) < 4.78 is 11.1. The van der Waals surface area contributed by atoms with E-state index in [2.05, 4.69) is 0 Å². The molecule has 5 heteroatoms. The van der Waals surface area contributed by atoms with Crippen molar-refractivity contribution in [2.24, 2.45) is 5.92 Å². The zero-order chi connectivity index (χ0) is 20.5. The number of fused-ring (bicyclic) bond motifs is 2. The van der Waals surface area contributed by atoms with Gasteiger partial charge in [0.1, 0.15) is 17.8 Å². The maximum atomic E-state index is 10.7. The van der Waals surface area contributed by atoms with Crippen LogP contribution in [-0.2, 0) is 22.4 Å². The van der Waals surface area contributed by atoms with E-state index in [1.54, 1.807) is 6.08 Å². The molecule has 0 aliphatic carbocycles. The summed E-state index contributed by atoms with van der Waals surface area (Å²) >= 11 is 0. The van der Waals surface area contributed by atoms with E-state index in [9.17, 15) is 9.59 Å². The minimum absolute atomic E-state index is 0.128. The topological polar surface area (TPSA) is 72.8 Å². The lowest BCUT2D eigenvalue weighted by atomic mass is 9.99. The highest BCUT2D eigenvalue weighted by atomic mass is 16.5. The molecule has 0 saturated carbocycles. The Labute approximate surface area is 171 Å². The number of hydrogen-bond donors (Lipinski definition) is 1. The summed E-state index contributed by atoms with van der Waals surface area (Å²) in [5.41, 5.74) is 3.22. The number of carbonyl (C=O) groups excluding carboxylic acids is 1. The third-order valence-corrected chi connectivity index (χ3v) is 5.05. The highest BCUT2D eigenvalue weighted by molar-refractivity contribution is 5.85. The maximum absolute atomic E-state index is 10.7. The van der Waals surface area contributed by atoms with Gasteiger partial charge in [-0.1, -0.05) is 30.3 Å². The van der Waals surface area contributed by atoms with Gasteiger partial charge in [0.15, 0.2) is 0 Å². The number of carbonyl (C=O) groups is 2. The summed E-state index contributed by atoms with van der Waals surface area (Å²) in [6, 6.07) is 13.7. The number of aliphatic carboxylic acids is 1. The fourth-order valence-corrected chi connectivity index (χ4v) is 3.52. The Morgan fingerprint density at radius 1 is 1.00 bits per heavy atom. The molecule has 1 unspecified atom stereocenters. The predicted octanol–water partition coefficient (Wildman–Crippen LogP) is 4.33. The molecular formula is C24H26O5. The van der Waals surface area contributed by atoms with Gasteiger partial charge in [-0.2, -0.15) is 0 Å². The second kappa shape index (κ2) is 10.5. The standard InChI is InChI=1S/C13H14O3.C11H12O2/c14-13(15)8-7-10-4-3-6-12-11(10)5-1-2-9-16-12;12-8-9-5-6-13-11-4-2-1-3-10(11)7-9/h3-4,6-8H,1-2,5,9H2,(H,14,15);1-4,8-9H,5-7H2/b8-7+;. The lowest BCUT2D eigenvalue weighted by Gasteiger charge is -2.09. The summed E-state index contributed by atoms with van der Waals surface area (Å²) in [6.07, 6.45) is 8.58. The number of rotatable bonds is 3. The van der Waals surface area contributed by atoms with E-state index in [0.717, 1.165) is 73.2 Å². The molecule has 2 aromatic rings. The highest BCUT2D eigenvalue weighted by Gasteiger charge is 2.16. The van der Waals surface area contributed by atoms with E-state index < -0.39 is 5.97 Å². The molecule has 0 spiro atoms. The van der Waals surface area contributed by atoms with E-state index in [0.29, 0.717) is 6.61 Å². The van der Waals surface area contributed by atoms with Gasteiger partial charge < -0.3 is 19.4 Å². The Morgan fingerprint density at radius 2 is 1.79 bits per heavy atom. The van der Waals surface area contributed by atoms with Crippen molar-refractivity contribution in [2.75, 3.05) is 13.2 Å². The Morgan fingerprint density at radius 3 is 2.62 bits per heavy atom. The largest absolute Gasteiger partial charge is 0.493 e. The van der Waals surface area contributed by atoms with E-state index in [4.69, 9.17) is 14.6 Å². The molecule has 2 aromatic carbocycles. The van der Waals surface area contributed by atoms with Gasteiger partial charge in [-0.3, -0.25) is 0 Å². The molecule has 0 saturated heterocycles. The van der Waals surface area contributed by atoms with Crippen molar-refractivity contribution in [3.8, 4) is 11.5 Å². The van der Waals surface area contributed by atoms with Crippen molar-refractivity contribution in [1.82, 2.24) is 0 Å². The van der Waals surface area contributed by atoms with Crippen molar-refractivity contribution in [2.45, 2.75) is 32.1 Å². The molecule has 0 bridgehead atoms. The summed E-state index contributed by atoms with van der Waals surface area (Å²) in [6.45, 7) is 1.40. The molecule has 0 fully saturated rings. The molecule has 1 atom stereocenters. The smallest absolute Gasteiger partial charge is 0.328 e. The second-order valence-corrected chi connectivity index (χ2v) is 7.15. The monoisotopic (exact) mass is 394 g/mol. The maximum Gasteiger partial charge on any atom is 0.328 e. The molecule has 4 rings (SSSR count). The fourth-order valence-electron chi connectivity index (χ4n) is 3.52. The van der Waals surface area contributed by atoms with Crippen molar-refractivity contribution in [3.05, 3.63) is 65.2 Å². The first-order valence-corrected chi connectivity index (χ1v) is 9.99. The van der Waals surface area contributed by atoms with Crippen LogP contribution in [0.2, 0.25) is 0 Å². The number of carboxylic acids is 1. The van der Waals surface area contributed by atoms with Crippen LogP contribution < -0.4 is 9.47 Å². The van der Waals surface area contributed by atoms with Crippen molar-refractivity contribution >= 4 is 18.3 Å². The molecule has 5 nitrogen and oxygen atoms in total. The Bertz CT molecular complexity index is 871. The van der Waals surface area contributed by atoms with Crippen LogP contribution in [0.1, 0.15) is 36.0 Å². The SMILES string of the molecule is O=C(O)/C=C/c1cccc2c1CCCCO2.O=CC1CCOc2ccccc2C1. The first-order valence-electron chi connectivity index (χ1n) is 9.99. The molecule has 1 N–H and O–H groups in total. The van der Waals surface area contributed by atoms with E-state index in [1.165, 1.54) is 6.08 Å². The minimum atomic E-state index is -0.924. The number of hydrogen-bond acceptors (Lipinski definition) is 4. The van der Waals surface area contributed by atoms with Gasteiger partial charge in [0, 0.05) is 17.6 Å². The van der Waals surface area contributed by atoms with Gasteiger partial charge >= 0.3 is 5.97 Å². The van der Waals surface area contributed by atoms with Crippen LogP contribution in [0.25, 0.3) is 6.08 Å². The lowest BCUT2D eigenvalue weighted by Crippen LogP contribution is -2.06. The second-order valence-electron chi connectivity index (χ2n) is 7.15. The Hall–Kier alpha value is -3.08. The van der Waals surface area contributed by atoms with Crippen LogP contribution in [-0.4, -0.2) is 30.6 Å². The number of carboxylic acid groups (broad SMARTS) is 1. The third-order valence-electron chi connectivity index (χ3n) is 5.05. The van der Waals surface area contributed by atoms with Gasteiger partial charge in [0.25, 0.3) is 0 Å². The zero-order valence-electron chi connectivity index (χ0n) is 16.4. The van der Waals surface area contributed by atoms with Crippen LogP contribution in [0.15, 0.2) is 48.5 Å². The molecule has 0 aromatic heterocycles. The first kappa shape index (κ1) is 20.6. The van der Waals surface area contributed by atoms with Gasteiger partial charge in [0.2, 0.25) is 0 Å². The molecular weight excluding hydrogens is 368 g/mol. The molecule has 2 aliphatic rings. The van der Waals surface area contributed by atoms with E-state index >= 15 is 0 Å². The predicted molar refractivity (Wildman–Crippen MR) is 111 cm³/mol. The minimum Gasteiger partial charge on any atom is -0.493 e. The quantitative estimate of drug-likeness (QED) is 0.620. The van der Waals surface area contributed by atoms with Gasteiger partial charge in [-0.25, -0.2) is 4.79 Å². The summed E-state index contributed by atoms with van der Waals surface area (Å²) in [7, 11) is 0. The third kappa shape index (κ3) is 5.95. The summed E-state index contributed by atoms with van der Waals surface area (Å²) in [4.78, 5) is 21.2. The van der Waals surface area contributed by atoms with E-state index in [-0.39, 0.29) is 5.92 Å². The van der Waals surface area contributed by atoms with Gasteiger partial charge in [0.05, 0.1) is 13.2 Å². The van der Waals surface area contributed by atoms with Crippen LogP contribution in [0.5, 0.6) is 11.5 Å². The van der Waals surface area contributed by atoms with Crippen LogP contribution >= 0.6 is 0 Å². The van der Waals surface area contributed by atoms with Crippen molar-refractivity contribution in [3.63, 3.8) is 0 Å². The summed E-state index contributed by atoms with van der Waals surface area (Å²) in [5, 5.41) is 8.62. The highest BCUT2D eigenvalue weighted by Crippen LogP contribution is 2.28. The summed E-state index contributed by atoms with van der Waals surface area (Å²) in [5.74, 6) is 1.03. The zero-order valence-corrected chi connectivity index (χ0v) is 16.4. The van der Waals surface area contributed by atoms with Crippen molar-refractivity contribution in [1.29, 1.82) is 0 Å². The number of ether oxygens (including phenoxy) is 2. The Balaban J connectivity index is 0.000000169. The average Bonchev–Trinajstić information content (AvgIpc) is 3.10. The molecule has 0 radical (unpaired) electrons. The van der Waals surface area contributed by atoms with Crippen LogP contribution in [0, 0.1) is 5.92 Å². The van der Waals surface area contributed by atoms with Crippen LogP contribution in [0.3, 0.4) is 0 Å². The van der Waals surface area contributed by atoms with E-state index in [1.807, 2.05) is 42.5 Å². The average molecular weight is 394 g/mol. The number of aldehydes is 1.